The highest BCUT2D eigenvalue weighted by atomic mass is 16.4. The molecule has 0 rings (SSSR count). The van der Waals surface area contributed by atoms with Gasteiger partial charge in [-0.25, -0.2) is 4.79 Å². The highest BCUT2D eigenvalue weighted by Crippen LogP contribution is 2.35. The summed E-state index contributed by atoms with van der Waals surface area (Å²) in [4.78, 5) is 36.0. The van der Waals surface area contributed by atoms with Crippen LogP contribution in [0.3, 0.4) is 0 Å². The van der Waals surface area contributed by atoms with Crippen molar-refractivity contribution in [3.63, 3.8) is 0 Å². The second kappa shape index (κ2) is 7.67. The van der Waals surface area contributed by atoms with Crippen molar-refractivity contribution in [2.75, 3.05) is 14.1 Å². The van der Waals surface area contributed by atoms with E-state index in [0.29, 0.717) is 12.8 Å². The van der Waals surface area contributed by atoms with Crippen molar-refractivity contribution >= 4 is 17.7 Å². The quantitative estimate of drug-likeness (QED) is 0.381. The monoisotopic (exact) mass is 285 g/mol. The lowest BCUT2D eigenvalue weighted by atomic mass is 9.72. The van der Waals surface area contributed by atoms with E-state index in [4.69, 9.17) is 5.11 Å². The molecular weight excluding hydrogens is 262 g/mol. The molecule has 2 N–H and O–H groups in total. The summed E-state index contributed by atoms with van der Waals surface area (Å²) < 4.78 is 0. The zero-order valence-corrected chi connectivity index (χ0v) is 12.5. The van der Waals surface area contributed by atoms with Crippen LogP contribution in [0.5, 0.6) is 0 Å². The maximum atomic E-state index is 12.5. The molecule has 0 aliphatic heterocycles. The average molecular weight is 285 g/mol. The first-order valence-corrected chi connectivity index (χ1v) is 6.58. The fourth-order valence-electron chi connectivity index (χ4n) is 2.14. The lowest BCUT2D eigenvalue weighted by molar-refractivity contribution is -0.138. The number of carbonyl (C=O) groups excluding carboxylic acids is 1. The third-order valence-electron chi connectivity index (χ3n) is 3.51. The van der Waals surface area contributed by atoms with E-state index in [1.165, 1.54) is 11.1 Å². The molecular formula is C14H23NO5. The minimum Gasteiger partial charge on any atom is -0.481 e. The Kier molecular flexibility index (Phi) is 6.96. The van der Waals surface area contributed by atoms with Gasteiger partial charge in [-0.15, -0.1) is 0 Å². The number of carboxylic acid groups (broad SMARTS) is 2. The Labute approximate surface area is 119 Å². The van der Waals surface area contributed by atoms with E-state index in [-0.39, 0.29) is 18.4 Å². The predicted molar refractivity (Wildman–Crippen MR) is 74.3 cm³/mol. The molecule has 114 valence electrons. The van der Waals surface area contributed by atoms with E-state index in [0.717, 1.165) is 0 Å². The van der Waals surface area contributed by atoms with Gasteiger partial charge in [0.1, 0.15) is 5.57 Å². The van der Waals surface area contributed by atoms with Crippen molar-refractivity contribution in [2.24, 2.45) is 5.41 Å². The third kappa shape index (κ3) is 4.68. The van der Waals surface area contributed by atoms with Gasteiger partial charge in [0, 0.05) is 32.1 Å². The van der Waals surface area contributed by atoms with Crippen LogP contribution in [0.1, 0.15) is 39.5 Å². The Hall–Kier alpha value is -1.85. The van der Waals surface area contributed by atoms with E-state index < -0.39 is 23.1 Å². The smallest absolute Gasteiger partial charge is 0.340 e. The number of aliphatic carboxylic acids is 2. The first kappa shape index (κ1) is 18.1. The molecule has 0 unspecified atom stereocenters. The highest BCUT2D eigenvalue weighted by molar-refractivity contribution is 6.18. The molecule has 6 heteroatoms. The van der Waals surface area contributed by atoms with E-state index in [2.05, 4.69) is 0 Å². The third-order valence-corrected chi connectivity index (χ3v) is 3.51. The molecule has 0 saturated carbocycles. The molecule has 0 aromatic carbocycles. The largest absolute Gasteiger partial charge is 0.481 e. The maximum absolute atomic E-state index is 12.5. The fourth-order valence-corrected chi connectivity index (χ4v) is 2.14. The zero-order chi connectivity index (χ0) is 15.9. The van der Waals surface area contributed by atoms with Crippen LogP contribution >= 0.6 is 0 Å². The van der Waals surface area contributed by atoms with Crippen LogP contribution in [-0.2, 0) is 14.4 Å². The minimum atomic E-state index is -1.29. The minimum absolute atomic E-state index is 0.145. The first-order chi connectivity index (χ1) is 9.20. The van der Waals surface area contributed by atoms with Crippen molar-refractivity contribution in [2.45, 2.75) is 39.5 Å². The predicted octanol–water partition coefficient (Wildman–Crippen LogP) is 1.76. The van der Waals surface area contributed by atoms with Gasteiger partial charge in [-0.05, 0) is 19.3 Å². The van der Waals surface area contributed by atoms with Crippen molar-refractivity contribution in [1.29, 1.82) is 0 Å². The van der Waals surface area contributed by atoms with E-state index >= 15 is 0 Å². The first-order valence-electron chi connectivity index (χ1n) is 6.58. The molecule has 0 atom stereocenters. The summed E-state index contributed by atoms with van der Waals surface area (Å²) in [6.45, 7) is 3.55. The summed E-state index contributed by atoms with van der Waals surface area (Å²) in [5.41, 5.74) is -1.23. The van der Waals surface area contributed by atoms with Crippen LogP contribution in [-0.4, -0.2) is 46.9 Å². The molecule has 0 heterocycles. The highest BCUT2D eigenvalue weighted by Gasteiger charge is 2.39. The van der Waals surface area contributed by atoms with Gasteiger partial charge in [-0.2, -0.15) is 0 Å². The summed E-state index contributed by atoms with van der Waals surface area (Å²) in [6, 6.07) is 0. The van der Waals surface area contributed by atoms with Crippen LogP contribution < -0.4 is 0 Å². The zero-order valence-electron chi connectivity index (χ0n) is 12.5. The van der Waals surface area contributed by atoms with Crippen molar-refractivity contribution in [3.05, 3.63) is 11.8 Å². The van der Waals surface area contributed by atoms with Gasteiger partial charge in [0.25, 0.3) is 0 Å². The van der Waals surface area contributed by atoms with Gasteiger partial charge in [0.2, 0.25) is 0 Å². The molecule has 0 aliphatic carbocycles. The Morgan fingerprint density at radius 2 is 1.60 bits per heavy atom. The summed E-state index contributed by atoms with van der Waals surface area (Å²) in [5.74, 6) is -2.77. The van der Waals surface area contributed by atoms with Crippen LogP contribution in [0.15, 0.2) is 11.8 Å². The molecule has 0 fully saturated rings. The van der Waals surface area contributed by atoms with Gasteiger partial charge in [-0.3, -0.25) is 9.59 Å². The summed E-state index contributed by atoms with van der Waals surface area (Å²) >= 11 is 0. The number of carbonyl (C=O) groups is 3. The van der Waals surface area contributed by atoms with Gasteiger partial charge >= 0.3 is 11.9 Å². The second-order valence-electron chi connectivity index (χ2n) is 5.02. The van der Waals surface area contributed by atoms with E-state index in [1.54, 1.807) is 27.9 Å². The molecule has 0 aromatic heterocycles. The van der Waals surface area contributed by atoms with Crippen molar-refractivity contribution < 1.29 is 24.6 Å². The van der Waals surface area contributed by atoms with Crippen LogP contribution in [0, 0.1) is 5.41 Å². The molecule has 0 radical (unpaired) electrons. The summed E-state index contributed by atoms with van der Waals surface area (Å²) in [5, 5.41) is 18.0. The summed E-state index contributed by atoms with van der Waals surface area (Å²) in [6.07, 6.45) is 2.08. The Bertz CT molecular complexity index is 408. The molecule has 6 nitrogen and oxygen atoms in total. The van der Waals surface area contributed by atoms with Gasteiger partial charge in [0.15, 0.2) is 5.78 Å². The van der Waals surface area contributed by atoms with Gasteiger partial charge in [0.05, 0.1) is 0 Å². The van der Waals surface area contributed by atoms with E-state index in [1.807, 2.05) is 0 Å². The second-order valence-corrected chi connectivity index (χ2v) is 5.02. The fraction of sp³-hybridized carbons (Fsp3) is 0.643. The number of hydrogen-bond donors (Lipinski definition) is 2. The number of rotatable bonds is 9. The normalized spacial score (nSPS) is 12.1. The molecule has 20 heavy (non-hydrogen) atoms. The number of nitrogens with zero attached hydrogens (tertiary/aromatic N) is 1. The van der Waals surface area contributed by atoms with Crippen LogP contribution in [0.25, 0.3) is 0 Å². The van der Waals surface area contributed by atoms with E-state index in [9.17, 15) is 19.5 Å². The molecule has 0 amide bonds. The van der Waals surface area contributed by atoms with Gasteiger partial charge < -0.3 is 15.1 Å². The van der Waals surface area contributed by atoms with Crippen LogP contribution in [0.4, 0.5) is 0 Å². The molecule has 0 saturated heterocycles. The number of carboxylic acids is 2. The molecule has 0 bridgehead atoms. The molecule has 0 spiro atoms. The Balaban J connectivity index is 5.50. The van der Waals surface area contributed by atoms with Crippen molar-refractivity contribution in [3.8, 4) is 0 Å². The lowest BCUT2D eigenvalue weighted by Gasteiger charge is -2.30. The Morgan fingerprint density at radius 1 is 1.10 bits per heavy atom. The standard InChI is InChI=1S/C14H23NO5/c1-5-14(6-2,8-7-11(16)17)12(18)10(13(19)20)9-15(3)4/h9H,5-8H2,1-4H3,(H,16,17)(H,19,20). The topological polar surface area (TPSA) is 94.9 Å². The SMILES string of the molecule is CCC(CC)(CCC(=O)O)C(=O)C(=CN(C)C)C(=O)O. The molecule has 0 aliphatic rings. The summed E-state index contributed by atoms with van der Waals surface area (Å²) in [7, 11) is 3.26. The number of Topliss-reactive ketones (excluding diaryl/α,β-unsaturated/α-hetero) is 1. The molecule has 0 aromatic rings. The average Bonchev–Trinajstić information content (AvgIpc) is 2.36. The lowest BCUT2D eigenvalue weighted by Crippen LogP contribution is -2.35. The van der Waals surface area contributed by atoms with Crippen LogP contribution in [0.2, 0.25) is 0 Å². The van der Waals surface area contributed by atoms with Gasteiger partial charge in [-0.1, -0.05) is 13.8 Å². The Morgan fingerprint density at radius 3 is 1.90 bits per heavy atom. The van der Waals surface area contributed by atoms with Crippen molar-refractivity contribution in [1.82, 2.24) is 4.90 Å². The number of hydrogen-bond acceptors (Lipinski definition) is 4. The number of ketones is 1. The maximum Gasteiger partial charge on any atom is 0.340 e.